The van der Waals surface area contributed by atoms with Crippen LogP contribution in [0.15, 0.2) is 34.8 Å². The summed E-state index contributed by atoms with van der Waals surface area (Å²) in [6.45, 7) is 0. The molecule has 0 radical (unpaired) electrons. The zero-order valence-corrected chi connectivity index (χ0v) is 15.6. The average Bonchev–Trinajstić information content (AvgIpc) is 2.60. The topological polar surface area (TPSA) is 56.8 Å². The standard InChI is InChI=1S/C17H15BrF3NO4/c1-24-12-8-11(13(18)15(26-3)14(12)25-2)16(23)22-10-6-4-5-9(7-10)17(19,20)21/h4-8H,1-3H3,(H,22,23). The predicted molar refractivity (Wildman–Crippen MR) is 93.2 cm³/mol. The lowest BCUT2D eigenvalue weighted by Crippen LogP contribution is -2.14. The van der Waals surface area contributed by atoms with Gasteiger partial charge in [-0.1, -0.05) is 6.07 Å². The number of ether oxygens (including phenoxy) is 3. The van der Waals surface area contributed by atoms with Gasteiger partial charge >= 0.3 is 6.18 Å². The van der Waals surface area contributed by atoms with E-state index < -0.39 is 17.6 Å². The molecule has 5 nitrogen and oxygen atoms in total. The monoisotopic (exact) mass is 433 g/mol. The van der Waals surface area contributed by atoms with Crippen LogP contribution in [-0.4, -0.2) is 27.2 Å². The van der Waals surface area contributed by atoms with Crippen LogP contribution in [0.3, 0.4) is 0 Å². The van der Waals surface area contributed by atoms with Crippen LogP contribution in [0, 0.1) is 0 Å². The summed E-state index contributed by atoms with van der Waals surface area (Å²) in [6, 6.07) is 5.74. The van der Waals surface area contributed by atoms with E-state index in [9.17, 15) is 18.0 Å². The van der Waals surface area contributed by atoms with Crippen LogP contribution in [0.2, 0.25) is 0 Å². The molecule has 0 saturated carbocycles. The van der Waals surface area contributed by atoms with E-state index in [1.54, 1.807) is 0 Å². The Balaban J connectivity index is 2.42. The Morgan fingerprint density at radius 2 is 1.69 bits per heavy atom. The van der Waals surface area contributed by atoms with Crippen molar-refractivity contribution in [3.8, 4) is 17.2 Å². The van der Waals surface area contributed by atoms with E-state index in [4.69, 9.17) is 14.2 Å². The highest BCUT2D eigenvalue weighted by Crippen LogP contribution is 2.44. The van der Waals surface area contributed by atoms with Gasteiger partial charge in [0, 0.05) is 5.69 Å². The Kier molecular flexibility index (Phi) is 6.01. The quantitative estimate of drug-likeness (QED) is 0.739. The maximum Gasteiger partial charge on any atom is 0.416 e. The molecule has 26 heavy (non-hydrogen) atoms. The number of hydrogen-bond donors (Lipinski definition) is 1. The molecule has 0 atom stereocenters. The van der Waals surface area contributed by atoms with E-state index in [0.717, 1.165) is 12.1 Å². The van der Waals surface area contributed by atoms with Gasteiger partial charge in [0.15, 0.2) is 11.5 Å². The summed E-state index contributed by atoms with van der Waals surface area (Å²) in [5.41, 5.74) is -0.748. The molecule has 0 aromatic heterocycles. The first kappa shape index (κ1) is 19.9. The van der Waals surface area contributed by atoms with Gasteiger partial charge in [0.25, 0.3) is 5.91 Å². The molecule has 0 aliphatic heterocycles. The van der Waals surface area contributed by atoms with Crippen molar-refractivity contribution in [1.29, 1.82) is 0 Å². The number of halogens is 4. The van der Waals surface area contributed by atoms with E-state index >= 15 is 0 Å². The van der Waals surface area contributed by atoms with Crippen molar-refractivity contribution in [3.63, 3.8) is 0 Å². The zero-order valence-electron chi connectivity index (χ0n) is 14.0. The third-order valence-electron chi connectivity index (χ3n) is 3.46. The molecule has 1 N–H and O–H groups in total. The molecule has 2 aromatic carbocycles. The van der Waals surface area contributed by atoms with E-state index in [-0.39, 0.29) is 33.0 Å². The lowest BCUT2D eigenvalue weighted by atomic mass is 10.1. The van der Waals surface area contributed by atoms with Crippen molar-refractivity contribution in [2.45, 2.75) is 6.18 Å². The molecule has 0 fully saturated rings. The smallest absolute Gasteiger partial charge is 0.416 e. The third-order valence-corrected chi connectivity index (χ3v) is 4.25. The Bertz CT molecular complexity index is 824. The molecule has 2 aromatic rings. The number of anilines is 1. The van der Waals surface area contributed by atoms with Gasteiger partial charge in [0.1, 0.15) is 0 Å². The SMILES string of the molecule is COc1cc(C(=O)Nc2cccc(C(F)(F)F)c2)c(Br)c(OC)c1OC. The Morgan fingerprint density at radius 3 is 2.23 bits per heavy atom. The Morgan fingerprint density at radius 1 is 1.04 bits per heavy atom. The molecule has 0 aliphatic carbocycles. The molecule has 0 unspecified atom stereocenters. The number of benzene rings is 2. The van der Waals surface area contributed by atoms with Crippen molar-refractivity contribution >= 4 is 27.5 Å². The van der Waals surface area contributed by atoms with Crippen LogP contribution >= 0.6 is 15.9 Å². The summed E-state index contributed by atoms with van der Waals surface area (Å²) in [7, 11) is 4.19. The lowest BCUT2D eigenvalue weighted by Gasteiger charge is -2.17. The summed E-state index contributed by atoms with van der Waals surface area (Å²) in [4.78, 5) is 12.6. The van der Waals surface area contributed by atoms with Crippen LogP contribution in [0.5, 0.6) is 17.2 Å². The second kappa shape index (κ2) is 7.86. The summed E-state index contributed by atoms with van der Waals surface area (Å²) in [5, 5.41) is 2.43. The largest absolute Gasteiger partial charge is 0.493 e. The van der Waals surface area contributed by atoms with E-state index in [1.165, 1.54) is 39.5 Å². The van der Waals surface area contributed by atoms with Crippen LogP contribution < -0.4 is 19.5 Å². The summed E-state index contributed by atoms with van der Waals surface area (Å²) >= 11 is 3.26. The fourth-order valence-corrected chi connectivity index (χ4v) is 2.89. The molecule has 0 heterocycles. The van der Waals surface area contributed by atoms with E-state index in [1.807, 2.05) is 0 Å². The number of carbonyl (C=O) groups is 1. The first-order chi connectivity index (χ1) is 12.2. The minimum atomic E-state index is -4.51. The van der Waals surface area contributed by atoms with Gasteiger partial charge in [-0.3, -0.25) is 4.79 Å². The Hall–Kier alpha value is -2.42. The van der Waals surface area contributed by atoms with Gasteiger partial charge in [0.2, 0.25) is 5.75 Å². The lowest BCUT2D eigenvalue weighted by molar-refractivity contribution is -0.137. The number of rotatable bonds is 5. The van der Waals surface area contributed by atoms with Gasteiger partial charge in [-0.15, -0.1) is 0 Å². The van der Waals surface area contributed by atoms with Gasteiger partial charge in [-0.25, -0.2) is 0 Å². The predicted octanol–water partition coefficient (Wildman–Crippen LogP) is 4.75. The molecule has 0 saturated heterocycles. The average molecular weight is 434 g/mol. The maximum absolute atomic E-state index is 12.8. The molecule has 140 valence electrons. The Labute approximate surface area is 156 Å². The van der Waals surface area contributed by atoms with Crippen LogP contribution in [0.25, 0.3) is 0 Å². The highest BCUT2D eigenvalue weighted by atomic mass is 79.9. The molecule has 9 heteroatoms. The van der Waals surface area contributed by atoms with Gasteiger partial charge in [-0.2, -0.15) is 13.2 Å². The van der Waals surface area contributed by atoms with Gasteiger partial charge in [0.05, 0.1) is 36.9 Å². The highest BCUT2D eigenvalue weighted by Gasteiger charge is 2.30. The number of hydrogen-bond acceptors (Lipinski definition) is 4. The van der Waals surface area contributed by atoms with Crippen molar-refractivity contribution < 1.29 is 32.2 Å². The molecule has 1 amide bonds. The fraction of sp³-hybridized carbons (Fsp3) is 0.235. The molecular weight excluding hydrogens is 419 g/mol. The maximum atomic E-state index is 12.8. The van der Waals surface area contributed by atoms with Crippen molar-refractivity contribution in [2.75, 3.05) is 26.6 Å². The van der Waals surface area contributed by atoms with Crippen molar-refractivity contribution in [3.05, 3.63) is 45.9 Å². The van der Waals surface area contributed by atoms with Crippen LogP contribution in [0.1, 0.15) is 15.9 Å². The second-order valence-electron chi connectivity index (χ2n) is 5.04. The molecule has 0 aliphatic rings. The van der Waals surface area contributed by atoms with Gasteiger partial charge < -0.3 is 19.5 Å². The molecular formula is C17H15BrF3NO4. The highest BCUT2D eigenvalue weighted by molar-refractivity contribution is 9.10. The molecule has 2 rings (SSSR count). The zero-order chi connectivity index (χ0) is 19.5. The number of methoxy groups -OCH3 is 3. The minimum absolute atomic E-state index is 0.00507. The van der Waals surface area contributed by atoms with Crippen molar-refractivity contribution in [2.24, 2.45) is 0 Å². The molecule has 0 bridgehead atoms. The number of carbonyl (C=O) groups excluding carboxylic acids is 1. The van der Waals surface area contributed by atoms with Crippen LogP contribution in [-0.2, 0) is 6.18 Å². The second-order valence-corrected chi connectivity index (χ2v) is 5.83. The normalized spacial score (nSPS) is 11.0. The first-order valence-electron chi connectivity index (χ1n) is 7.20. The first-order valence-corrected chi connectivity index (χ1v) is 7.99. The van der Waals surface area contributed by atoms with E-state index in [2.05, 4.69) is 21.2 Å². The summed E-state index contributed by atoms with van der Waals surface area (Å²) < 4.78 is 54.3. The summed E-state index contributed by atoms with van der Waals surface area (Å²) in [5.74, 6) is 0.0933. The minimum Gasteiger partial charge on any atom is -0.493 e. The number of amides is 1. The number of nitrogens with one attached hydrogen (secondary N) is 1. The van der Waals surface area contributed by atoms with E-state index in [0.29, 0.717) is 0 Å². The summed E-state index contributed by atoms with van der Waals surface area (Å²) in [6.07, 6.45) is -4.51. The van der Waals surface area contributed by atoms with Crippen LogP contribution in [0.4, 0.5) is 18.9 Å². The third kappa shape index (κ3) is 4.04. The fourth-order valence-electron chi connectivity index (χ4n) is 2.26. The van der Waals surface area contributed by atoms with Crippen molar-refractivity contribution in [1.82, 2.24) is 0 Å². The number of alkyl halides is 3. The van der Waals surface area contributed by atoms with Gasteiger partial charge in [-0.05, 0) is 40.2 Å². The molecule has 0 spiro atoms.